The van der Waals surface area contributed by atoms with Crippen LogP contribution in [0.25, 0.3) is 10.9 Å². The number of aliphatic hydroxyl groups is 1. The van der Waals surface area contributed by atoms with E-state index in [2.05, 4.69) is 10.3 Å². The standard InChI is InChI=1S/C17H20N2O4/c1-10-7-13(12-4-3-11(22-2)8-14(12)18-10)17(21)19-15-9-23-6-5-16(15)20/h3-4,7-8,15-16,20H,5-6,9H2,1-2H3,(H,19,21)/t15-,16-/m1/s1. The average molecular weight is 316 g/mol. The lowest BCUT2D eigenvalue weighted by Crippen LogP contribution is -2.49. The first-order valence-electron chi connectivity index (χ1n) is 7.60. The fraction of sp³-hybridized carbons (Fsp3) is 0.412. The molecule has 1 fully saturated rings. The highest BCUT2D eigenvalue weighted by Crippen LogP contribution is 2.23. The summed E-state index contributed by atoms with van der Waals surface area (Å²) in [5.74, 6) is 0.457. The molecule has 0 unspecified atom stereocenters. The maximum Gasteiger partial charge on any atom is 0.252 e. The maximum absolute atomic E-state index is 12.6. The number of amides is 1. The number of carbonyl (C=O) groups excluding carboxylic acids is 1. The van der Waals surface area contributed by atoms with E-state index >= 15 is 0 Å². The van der Waals surface area contributed by atoms with Crippen molar-refractivity contribution in [3.05, 3.63) is 35.5 Å². The second kappa shape index (κ2) is 6.52. The van der Waals surface area contributed by atoms with Gasteiger partial charge in [0, 0.05) is 23.8 Å². The Morgan fingerprint density at radius 2 is 2.26 bits per heavy atom. The molecule has 2 atom stereocenters. The summed E-state index contributed by atoms with van der Waals surface area (Å²) in [7, 11) is 1.59. The summed E-state index contributed by atoms with van der Waals surface area (Å²) in [4.78, 5) is 17.1. The molecular weight excluding hydrogens is 296 g/mol. The Kier molecular flexibility index (Phi) is 4.45. The molecule has 0 saturated carbocycles. The van der Waals surface area contributed by atoms with Gasteiger partial charge in [0.15, 0.2) is 0 Å². The molecule has 3 rings (SSSR count). The van der Waals surface area contributed by atoms with E-state index in [1.807, 2.05) is 13.0 Å². The third kappa shape index (κ3) is 3.28. The highest BCUT2D eigenvalue weighted by molar-refractivity contribution is 6.06. The zero-order chi connectivity index (χ0) is 16.4. The predicted molar refractivity (Wildman–Crippen MR) is 85.7 cm³/mol. The summed E-state index contributed by atoms with van der Waals surface area (Å²) in [5.41, 5.74) is 1.99. The van der Waals surface area contributed by atoms with Crippen LogP contribution in [0.2, 0.25) is 0 Å². The van der Waals surface area contributed by atoms with Crippen molar-refractivity contribution in [3.8, 4) is 5.75 Å². The second-order valence-electron chi connectivity index (χ2n) is 5.71. The average Bonchev–Trinajstić information content (AvgIpc) is 2.55. The van der Waals surface area contributed by atoms with Gasteiger partial charge in [-0.1, -0.05) is 0 Å². The van der Waals surface area contributed by atoms with Gasteiger partial charge >= 0.3 is 0 Å². The van der Waals surface area contributed by atoms with Crippen LogP contribution >= 0.6 is 0 Å². The number of hydrogen-bond acceptors (Lipinski definition) is 5. The fourth-order valence-electron chi connectivity index (χ4n) is 2.77. The van der Waals surface area contributed by atoms with Crippen LogP contribution in [-0.4, -0.2) is 48.5 Å². The molecule has 1 aliphatic heterocycles. The molecule has 0 radical (unpaired) electrons. The second-order valence-corrected chi connectivity index (χ2v) is 5.71. The molecule has 23 heavy (non-hydrogen) atoms. The minimum Gasteiger partial charge on any atom is -0.497 e. The Labute approximate surface area is 134 Å². The number of aliphatic hydroxyl groups excluding tert-OH is 1. The van der Waals surface area contributed by atoms with Crippen molar-refractivity contribution in [1.29, 1.82) is 0 Å². The van der Waals surface area contributed by atoms with Gasteiger partial charge in [0.05, 0.1) is 36.9 Å². The quantitative estimate of drug-likeness (QED) is 0.895. The lowest BCUT2D eigenvalue weighted by molar-refractivity contribution is -0.0139. The number of ether oxygens (including phenoxy) is 2. The Bertz CT molecular complexity index is 732. The van der Waals surface area contributed by atoms with Crippen LogP contribution in [0.5, 0.6) is 5.75 Å². The first-order valence-corrected chi connectivity index (χ1v) is 7.60. The van der Waals surface area contributed by atoms with Crippen LogP contribution < -0.4 is 10.1 Å². The number of aryl methyl sites for hydroxylation is 1. The van der Waals surface area contributed by atoms with Gasteiger partial charge in [0.2, 0.25) is 0 Å². The Hall–Kier alpha value is -2.18. The van der Waals surface area contributed by atoms with Crippen LogP contribution in [0.4, 0.5) is 0 Å². The molecule has 122 valence electrons. The molecule has 2 heterocycles. The van der Waals surface area contributed by atoms with E-state index in [9.17, 15) is 9.90 Å². The molecule has 2 aromatic rings. The highest BCUT2D eigenvalue weighted by atomic mass is 16.5. The van der Waals surface area contributed by atoms with Gasteiger partial charge in [-0.2, -0.15) is 0 Å². The molecule has 1 aromatic heterocycles. The molecule has 6 nitrogen and oxygen atoms in total. The van der Waals surface area contributed by atoms with Gasteiger partial charge in [-0.25, -0.2) is 0 Å². The summed E-state index contributed by atoms with van der Waals surface area (Å²) < 4.78 is 10.5. The highest BCUT2D eigenvalue weighted by Gasteiger charge is 2.26. The van der Waals surface area contributed by atoms with Crippen molar-refractivity contribution in [3.63, 3.8) is 0 Å². The van der Waals surface area contributed by atoms with Crippen molar-refractivity contribution in [2.75, 3.05) is 20.3 Å². The van der Waals surface area contributed by atoms with Gasteiger partial charge in [-0.15, -0.1) is 0 Å². The number of carbonyl (C=O) groups is 1. The third-order valence-corrected chi connectivity index (χ3v) is 4.03. The van der Waals surface area contributed by atoms with Crippen molar-refractivity contribution in [1.82, 2.24) is 10.3 Å². The predicted octanol–water partition coefficient (Wildman–Crippen LogP) is 1.43. The van der Waals surface area contributed by atoms with Crippen molar-refractivity contribution in [2.24, 2.45) is 0 Å². The summed E-state index contributed by atoms with van der Waals surface area (Å²) in [5, 5.41) is 13.6. The van der Waals surface area contributed by atoms with Gasteiger partial charge < -0.3 is 19.9 Å². The number of aromatic nitrogens is 1. The zero-order valence-electron chi connectivity index (χ0n) is 13.2. The maximum atomic E-state index is 12.6. The molecule has 0 spiro atoms. The van der Waals surface area contributed by atoms with Crippen LogP contribution in [0, 0.1) is 6.92 Å². The smallest absolute Gasteiger partial charge is 0.252 e. The number of fused-ring (bicyclic) bond motifs is 1. The minimum atomic E-state index is -0.581. The molecule has 0 aliphatic carbocycles. The largest absolute Gasteiger partial charge is 0.497 e. The SMILES string of the molecule is COc1ccc2c(C(=O)N[C@@H]3COCC[C@H]3O)cc(C)nc2c1. The minimum absolute atomic E-state index is 0.236. The summed E-state index contributed by atoms with van der Waals surface area (Å²) >= 11 is 0. The lowest BCUT2D eigenvalue weighted by atomic mass is 10.0. The van der Waals surface area contributed by atoms with Crippen LogP contribution in [0.3, 0.4) is 0 Å². The van der Waals surface area contributed by atoms with Crippen molar-refractivity contribution >= 4 is 16.8 Å². The fourth-order valence-corrected chi connectivity index (χ4v) is 2.77. The van der Waals surface area contributed by atoms with Gasteiger partial charge in [0.25, 0.3) is 5.91 Å². The van der Waals surface area contributed by atoms with E-state index in [4.69, 9.17) is 9.47 Å². The van der Waals surface area contributed by atoms with Gasteiger partial charge in [0.1, 0.15) is 5.75 Å². The van der Waals surface area contributed by atoms with Crippen LogP contribution in [0.1, 0.15) is 22.5 Å². The van der Waals surface area contributed by atoms with Crippen molar-refractivity contribution in [2.45, 2.75) is 25.5 Å². The molecule has 0 bridgehead atoms. The lowest BCUT2D eigenvalue weighted by Gasteiger charge is -2.28. The molecular formula is C17H20N2O4. The molecule has 1 aromatic carbocycles. The normalized spacial score (nSPS) is 21.2. The van der Waals surface area contributed by atoms with E-state index in [1.165, 1.54) is 0 Å². The van der Waals surface area contributed by atoms with Gasteiger partial charge in [-0.3, -0.25) is 9.78 Å². The van der Waals surface area contributed by atoms with E-state index < -0.39 is 12.1 Å². The summed E-state index contributed by atoms with van der Waals surface area (Å²) in [6, 6.07) is 6.79. The van der Waals surface area contributed by atoms with Crippen LogP contribution in [-0.2, 0) is 4.74 Å². The summed E-state index contributed by atoms with van der Waals surface area (Å²) in [6.07, 6.45) is -0.0554. The molecule has 1 saturated heterocycles. The van der Waals surface area contributed by atoms with E-state index in [0.29, 0.717) is 36.5 Å². The third-order valence-electron chi connectivity index (χ3n) is 4.03. The number of rotatable bonds is 3. The topological polar surface area (TPSA) is 80.7 Å². The summed E-state index contributed by atoms with van der Waals surface area (Å²) in [6.45, 7) is 2.68. The molecule has 1 aliphatic rings. The van der Waals surface area contributed by atoms with Crippen molar-refractivity contribution < 1.29 is 19.4 Å². The number of pyridine rings is 1. The van der Waals surface area contributed by atoms with Gasteiger partial charge in [-0.05, 0) is 31.5 Å². The van der Waals surface area contributed by atoms with E-state index in [-0.39, 0.29) is 5.91 Å². The number of nitrogens with one attached hydrogen (secondary N) is 1. The number of nitrogens with zero attached hydrogens (tertiary/aromatic N) is 1. The zero-order valence-corrected chi connectivity index (χ0v) is 13.2. The Morgan fingerprint density at radius 1 is 1.43 bits per heavy atom. The molecule has 1 amide bonds. The Morgan fingerprint density at radius 3 is 3.00 bits per heavy atom. The first-order chi connectivity index (χ1) is 11.1. The van der Waals surface area contributed by atoms with Crippen LogP contribution in [0.15, 0.2) is 24.3 Å². The first kappa shape index (κ1) is 15.7. The van der Waals surface area contributed by atoms with E-state index in [0.717, 1.165) is 11.1 Å². The number of hydrogen-bond donors (Lipinski definition) is 2. The molecule has 6 heteroatoms. The number of methoxy groups -OCH3 is 1. The number of benzene rings is 1. The Balaban J connectivity index is 1.93. The monoisotopic (exact) mass is 316 g/mol. The van der Waals surface area contributed by atoms with E-state index in [1.54, 1.807) is 25.3 Å². The molecule has 2 N–H and O–H groups in total.